The van der Waals surface area contributed by atoms with Crippen LogP contribution in [0.2, 0.25) is 0 Å². The molecule has 4 fully saturated rings. The van der Waals surface area contributed by atoms with E-state index in [1.54, 1.807) is 38.5 Å². The Balaban J connectivity index is 0.000000368. The molecule has 0 atom stereocenters. The zero-order chi connectivity index (χ0) is 12.0. The Labute approximate surface area is 117 Å². The van der Waals surface area contributed by atoms with Crippen LogP contribution in [-0.2, 0) is 0 Å². The number of hydrogen-bond donors (Lipinski definition) is 0. The van der Waals surface area contributed by atoms with Gasteiger partial charge in [-0.05, 0) is 67.1 Å². The second-order valence-corrected chi connectivity index (χ2v) is 8.73. The van der Waals surface area contributed by atoms with Crippen molar-refractivity contribution < 1.29 is 0 Å². The van der Waals surface area contributed by atoms with Gasteiger partial charge in [-0.3, -0.25) is 0 Å². The van der Waals surface area contributed by atoms with Gasteiger partial charge < -0.3 is 0 Å². The van der Waals surface area contributed by atoms with Crippen LogP contribution in [-0.4, -0.2) is 0 Å². The second-order valence-electron chi connectivity index (χ2n) is 8.73. The average Bonchev–Trinajstić information content (AvgIpc) is 1.93. The molecule has 4 aliphatic carbocycles. The highest BCUT2D eigenvalue weighted by Crippen LogP contribution is 2.59. The van der Waals surface area contributed by atoms with Crippen molar-refractivity contribution in [2.45, 2.75) is 88.0 Å². The molecule has 4 bridgehead atoms. The monoisotopic (exact) mass is 254 g/mol. The quantitative estimate of drug-likeness (QED) is 0.460. The predicted octanol–water partition coefficient (Wildman–Crippen LogP) is 6.55. The van der Waals surface area contributed by atoms with Crippen molar-refractivity contribution in [3.8, 4) is 0 Å². The summed E-state index contributed by atoms with van der Waals surface area (Å²) in [5.74, 6) is 3.43. The molecule has 0 radical (unpaired) electrons. The lowest BCUT2D eigenvalue weighted by Crippen LogP contribution is -2.44. The van der Waals surface area contributed by atoms with Crippen LogP contribution in [0.1, 0.15) is 88.0 Å². The lowest BCUT2D eigenvalue weighted by molar-refractivity contribution is -0.0411. The Morgan fingerprint density at radius 2 is 0.944 bits per heavy atom. The first-order valence-electron chi connectivity index (χ1n) is 7.23. The Morgan fingerprint density at radius 1 is 0.722 bits per heavy atom. The van der Waals surface area contributed by atoms with Gasteiger partial charge in [0.25, 0.3) is 0 Å². The lowest BCUT2D eigenvalue weighted by atomic mass is 9.50. The van der Waals surface area contributed by atoms with E-state index >= 15 is 0 Å². The summed E-state index contributed by atoms with van der Waals surface area (Å²) in [7, 11) is 0. The molecule has 18 heavy (non-hydrogen) atoms. The maximum absolute atomic E-state index is 2.54. The molecule has 0 spiro atoms. The fraction of sp³-hybridized carbons (Fsp3) is 1.00. The largest absolute Gasteiger partial charge is 0.0776 e. The van der Waals surface area contributed by atoms with Crippen molar-refractivity contribution in [1.82, 2.24) is 0 Å². The smallest absolute Gasteiger partial charge is 0.0318 e. The summed E-state index contributed by atoms with van der Waals surface area (Å²) in [6.07, 6.45) is 9.48. The summed E-state index contributed by atoms with van der Waals surface area (Å²) >= 11 is 0. The van der Waals surface area contributed by atoms with Gasteiger partial charge in [0, 0.05) is 0 Å². The molecule has 0 amide bonds. The van der Waals surface area contributed by atoms with E-state index in [1.807, 2.05) is 0 Å². The molecule has 0 N–H and O–H groups in total. The normalized spacial score (nSPS) is 40.2. The van der Waals surface area contributed by atoms with Gasteiger partial charge in [-0.2, -0.15) is 0 Å². The Bertz CT molecular complexity index is 202. The van der Waals surface area contributed by atoms with Gasteiger partial charge in [0.15, 0.2) is 0 Å². The van der Waals surface area contributed by atoms with Gasteiger partial charge in [-0.15, -0.1) is 0 Å². The highest BCUT2D eigenvalue weighted by molar-refractivity contribution is 4.99. The summed E-state index contributed by atoms with van der Waals surface area (Å²) in [6, 6.07) is 0. The van der Waals surface area contributed by atoms with E-state index < -0.39 is 0 Å². The van der Waals surface area contributed by atoms with Gasteiger partial charge in [0.2, 0.25) is 0 Å². The topological polar surface area (TPSA) is 0 Å². The third-order valence-electron chi connectivity index (χ3n) is 4.34. The van der Waals surface area contributed by atoms with Crippen molar-refractivity contribution in [1.29, 1.82) is 0 Å². The van der Waals surface area contributed by atoms with Crippen LogP contribution in [0.3, 0.4) is 0 Å². The zero-order valence-corrected chi connectivity index (χ0v) is 12.0. The van der Waals surface area contributed by atoms with E-state index in [4.69, 9.17) is 0 Å². The maximum Gasteiger partial charge on any atom is -0.0318 e. The van der Waals surface area contributed by atoms with Crippen molar-refractivity contribution in [2.75, 3.05) is 0 Å². The molecular formula is C18H38. The average molecular weight is 255 g/mol. The molecule has 0 aromatic carbocycles. The minimum atomic E-state index is 0. The van der Waals surface area contributed by atoms with E-state index in [1.165, 1.54) is 0 Å². The maximum atomic E-state index is 2.54. The van der Waals surface area contributed by atoms with Crippen LogP contribution in [0, 0.1) is 28.6 Å². The molecule has 0 aliphatic heterocycles. The van der Waals surface area contributed by atoms with Crippen LogP contribution >= 0.6 is 0 Å². The molecule has 0 aromatic rings. The predicted molar refractivity (Wildman–Crippen MR) is 84.9 cm³/mol. The standard InChI is InChI=1S/C11H18.C5H12.2CH4/c1-11-5-8-2-9(6-11)4-10(3-8)7-11;1-5(2,3)4;;/h8-10H,2-7H2,1H3;1-4H3;2*1H4. The van der Waals surface area contributed by atoms with Crippen LogP contribution in [0.4, 0.5) is 0 Å². The Kier molecular flexibility index (Phi) is 5.97. The van der Waals surface area contributed by atoms with Crippen LogP contribution in [0.5, 0.6) is 0 Å². The van der Waals surface area contributed by atoms with Crippen molar-refractivity contribution in [2.24, 2.45) is 28.6 Å². The zero-order valence-electron chi connectivity index (χ0n) is 12.0. The molecule has 0 heterocycles. The lowest BCUT2D eigenvalue weighted by Gasteiger charge is -2.55. The third-order valence-corrected chi connectivity index (χ3v) is 4.34. The highest BCUT2D eigenvalue weighted by Gasteiger charge is 2.48. The summed E-state index contributed by atoms with van der Waals surface area (Å²) in [5, 5.41) is 0. The second kappa shape index (κ2) is 5.97. The van der Waals surface area contributed by atoms with Gasteiger partial charge in [-0.1, -0.05) is 49.5 Å². The van der Waals surface area contributed by atoms with Crippen LogP contribution in [0.15, 0.2) is 0 Å². The Morgan fingerprint density at radius 3 is 1.11 bits per heavy atom. The molecule has 0 saturated heterocycles. The minimum Gasteiger partial charge on any atom is -0.0776 e. The molecule has 4 rings (SSSR count). The number of hydrogen-bond acceptors (Lipinski definition) is 0. The minimum absolute atomic E-state index is 0. The summed E-state index contributed by atoms with van der Waals surface area (Å²) in [4.78, 5) is 0. The molecule has 0 heteroatoms. The van der Waals surface area contributed by atoms with Gasteiger partial charge >= 0.3 is 0 Å². The first kappa shape index (κ1) is 18.0. The fourth-order valence-corrected chi connectivity index (χ4v) is 4.54. The molecule has 0 aromatic heterocycles. The van der Waals surface area contributed by atoms with Crippen molar-refractivity contribution in [3.05, 3.63) is 0 Å². The van der Waals surface area contributed by atoms with Crippen molar-refractivity contribution in [3.63, 3.8) is 0 Å². The van der Waals surface area contributed by atoms with Crippen molar-refractivity contribution >= 4 is 0 Å². The molecule has 0 unspecified atom stereocenters. The van der Waals surface area contributed by atoms with E-state index in [0.29, 0.717) is 5.41 Å². The van der Waals surface area contributed by atoms with Crippen LogP contribution < -0.4 is 0 Å². The molecular weight excluding hydrogens is 216 g/mol. The molecule has 0 nitrogen and oxygen atoms in total. The van der Waals surface area contributed by atoms with Gasteiger partial charge in [0.05, 0.1) is 0 Å². The summed E-state index contributed by atoms with van der Waals surface area (Å²) < 4.78 is 0. The van der Waals surface area contributed by atoms with E-state index in [2.05, 4.69) is 34.6 Å². The van der Waals surface area contributed by atoms with Gasteiger partial charge in [-0.25, -0.2) is 0 Å². The van der Waals surface area contributed by atoms with E-state index in [-0.39, 0.29) is 14.9 Å². The first-order valence-corrected chi connectivity index (χ1v) is 7.23. The van der Waals surface area contributed by atoms with Crippen LogP contribution in [0.25, 0.3) is 0 Å². The third kappa shape index (κ3) is 4.94. The summed E-state index contributed by atoms with van der Waals surface area (Å²) in [5.41, 5.74) is 1.30. The highest BCUT2D eigenvalue weighted by atomic mass is 14.5. The summed E-state index contributed by atoms with van der Waals surface area (Å²) in [6.45, 7) is 11.3. The number of rotatable bonds is 0. The van der Waals surface area contributed by atoms with Gasteiger partial charge in [0.1, 0.15) is 0 Å². The Hall–Kier alpha value is 0. The van der Waals surface area contributed by atoms with E-state index in [0.717, 1.165) is 23.2 Å². The fourth-order valence-electron chi connectivity index (χ4n) is 4.54. The molecule has 4 aliphatic rings. The van der Waals surface area contributed by atoms with E-state index in [9.17, 15) is 0 Å². The SMILES string of the molecule is C.C.CC(C)(C)C.CC12CC3CC(CC(C3)C1)C2. The molecule has 110 valence electrons. The molecule has 4 saturated carbocycles. The first-order chi connectivity index (χ1) is 7.23.